The van der Waals surface area contributed by atoms with E-state index in [9.17, 15) is 81.5 Å². The lowest BCUT2D eigenvalue weighted by Gasteiger charge is -2.31. The fraction of sp³-hybridized carbons (Fsp3) is 0.730. The summed E-state index contributed by atoms with van der Waals surface area (Å²) in [5, 5.41) is 0. The molecule has 47 heteroatoms. The van der Waals surface area contributed by atoms with Crippen molar-refractivity contribution in [1.29, 1.82) is 0 Å². The molecular formula is C63H101N3O31S13. The van der Waals surface area contributed by atoms with Gasteiger partial charge in [-0.3, -0.25) is 67.1 Å². The molecule has 0 aromatic carbocycles. The van der Waals surface area contributed by atoms with Crippen LogP contribution in [0.1, 0.15) is 104 Å². The number of carbonyl (C=O) groups is 14. The highest BCUT2D eigenvalue weighted by atomic mass is 32.1. The molecule has 0 spiro atoms. The maximum atomic E-state index is 12.5. The smallest absolute Gasteiger partial charge is 0.341 e. The van der Waals surface area contributed by atoms with Crippen molar-refractivity contribution in [3.05, 3.63) is 31.5 Å². The monoisotopic (exact) mass is 1810 g/mol. The lowest BCUT2D eigenvalue weighted by molar-refractivity contribution is -0.172. The Bertz CT molecular complexity index is 2820. The van der Waals surface area contributed by atoms with E-state index in [1.807, 2.05) is 6.92 Å². The Balaban J connectivity index is -0.00000139. The lowest BCUT2D eigenvalue weighted by Crippen LogP contribution is -2.55. The quantitative estimate of drug-likeness (QED) is 0.0253. The molecule has 0 N–H and O–H groups in total. The molecule has 110 heavy (non-hydrogen) atoms. The van der Waals surface area contributed by atoms with E-state index >= 15 is 0 Å². The molecule has 1 heterocycles. The average molecular weight is 1810 g/mol. The topological polar surface area (TPSA) is 434 Å². The molecule has 0 aliphatic heterocycles. The normalized spacial score (nSPS) is 10.8. The highest BCUT2D eigenvalue weighted by Gasteiger charge is 2.40. The van der Waals surface area contributed by atoms with Crippen LogP contribution >= 0.6 is 164 Å². The van der Waals surface area contributed by atoms with Gasteiger partial charge < -0.3 is 66.3 Å². The molecule has 0 aliphatic rings. The van der Waals surface area contributed by atoms with Gasteiger partial charge in [-0.25, -0.2) is 28.1 Å². The molecule has 0 radical (unpaired) electrons. The van der Waals surface area contributed by atoms with Crippen molar-refractivity contribution in [3.63, 3.8) is 0 Å². The molecular weight excluding hydrogens is 1710 g/mol. The van der Waals surface area contributed by atoms with Crippen LogP contribution in [0.2, 0.25) is 0 Å². The van der Waals surface area contributed by atoms with Gasteiger partial charge in [0.25, 0.3) is 0 Å². The predicted molar refractivity (Wildman–Crippen MR) is 441 cm³/mol. The third-order valence-corrected chi connectivity index (χ3v) is 16.3. The van der Waals surface area contributed by atoms with Crippen molar-refractivity contribution in [1.82, 2.24) is 13.7 Å². The van der Waals surface area contributed by atoms with Crippen LogP contribution in [0, 0.1) is 16.2 Å². The van der Waals surface area contributed by atoms with E-state index in [1.54, 1.807) is 6.92 Å². The Labute approximate surface area is 708 Å². The van der Waals surface area contributed by atoms with Gasteiger partial charge in [-0.2, -0.15) is 164 Å². The number of hydrogen-bond acceptors (Lipinski definition) is 44. The molecule has 1 aromatic heterocycles. The fourth-order valence-electron chi connectivity index (χ4n) is 7.09. The standard InChI is InChI=1S/C17H28O8S4.C16H23N3O9S2.C15H24O8S4.C15H26O6S3/c18-13(1-5-26)22-9-17(10-23-14(19)2-6-27,11-24-15(20)3-7-28)12-25-16(21)4-8-29;1-2-3-11(20)26-8-17-14(23)18(9-27-12(21)4-6-29)16(25)19(15(17)24)10-28-13(22)5-7-30;16-11(1-3-24)20-7-15(9-22-13(18)5-26,10-23-14(19)6-27)8-21-12(17)2-4-25;1-2-15(9-19-12(16)3-6-22,10-20-13(17)4-7-23)11-21-14(18)5-8-24/h26-29H,1-12H2;29-30H,2-10H2,1H3;24-27H,1-10H2;22-24H,2-11H2,1H3. The fourth-order valence-corrected chi connectivity index (χ4v) is 9.28. The third-order valence-electron chi connectivity index (χ3n) is 13.3. The summed E-state index contributed by atoms with van der Waals surface area (Å²) >= 11 is 51.1. The van der Waals surface area contributed by atoms with Crippen LogP contribution in [0.15, 0.2) is 14.4 Å². The number of carbonyl (C=O) groups excluding carboxylic acids is 14. The second-order valence-corrected chi connectivity index (χ2v) is 28.0. The first-order valence-corrected chi connectivity index (χ1v) is 41.6. The summed E-state index contributed by atoms with van der Waals surface area (Å²) in [4.78, 5) is 201. The Morgan fingerprint density at radius 2 is 0.373 bits per heavy atom. The summed E-state index contributed by atoms with van der Waals surface area (Å²) in [5.74, 6) is -4.90. The van der Waals surface area contributed by atoms with E-state index < -0.39 is 137 Å². The van der Waals surface area contributed by atoms with Gasteiger partial charge in [-0.15, -0.1) is 0 Å². The van der Waals surface area contributed by atoms with Gasteiger partial charge in [0.05, 0.1) is 87.5 Å². The molecule has 1 rings (SSSR count). The summed E-state index contributed by atoms with van der Waals surface area (Å²) in [7, 11) is 0. The average Bonchev–Trinajstić information content (AvgIpc) is 0.784. The first-order chi connectivity index (χ1) is 52.3. The van der Waals surface area contributed by atoms with Crippen molar-refractivity contribution in [2.24, 2.45) is 16.2 Å². The third kappa shape index (κ3) is 52.8. The zero-order valence-electron chi connectivity index (χ0n) is 60.8. The molecule has 34 nitrogen and oxygen atoms in total. The number of thiol groups is 13. The number of ether oxygens (including phenoxy) is 14. The summed E-state index contributed by atoms with van der Waals surface area (Å²) in [6.45, 7) is -1.12. The van der Waals surface area contributed by atoms with Gasteiger partial charge in [0.1, 0.15) is 83.5 Å². The molecule has 0 fully saturated rings. The summed E-state index contributed by atoms with van der Waals surface area (Å²) in [5.41, 5.74) is -6.78. The van der Waals surface area contributed by atoms with Crippen molar-refractivity contribution in [2.75, 3.05) is 147 Å². The van der Waals surface area contributed by atoms with Crippen LogP contribution in [-0.2, 0) is 154 Å². The summed E-state index contributed by atoms with van der Waals surface area (Å²) < 4.78 is 72.9. The number of hydrogen-bond donors (Lipinski definition) is 13. The Kier molecular flexibility index (Phi) is 67.6. The van der Waals surface area contributed by atoms with Crippen molar-refractivity contribution in [2.45, 2.75) is 124 Å². The summed E-state index contributed by atoms with van der Waals surface area (Å²) in [6.07, 6.45) is 1.85. The zero-order chi connectivity index (χ0) is 83.9. The summed E-state index contributed by atoms with van der Waals surface area (Å²) in [6, 6.07) is 0. The van der Waals surface area contributed by atoms with Crippen molar-refractivity contribution in [3.8, 4) is 0 Å². The number of rotatable bonds is 55. The maximum absolute atomic E-state index is 12.5. The molecule has 0 saturated heterocycles. The van der Waals surface area contributed by atoms with Crippen molar-refractivity contribution < 1.29 is 133 Å². The molecule has 0 unspecified atom stereocenters. The van der Waals surface area contributed by atoms with Crippen LogP contribution in [0.4, 0.5) is 0 Å². The molecule has 0 aliphatic carbocycles. The van der Waals surface area contributed by atoms with Crippen LogP contribution < -0.4 is 17.1 Å². The molecule has 0 amide bonds. The van der Waals surface area contributed by atoms with Gasteiger partial charge in [0, 0.05) is 69.7 Å². The van der Waals surface area contributed by atoms with Gasteiger partial charge in [-0.05, 0) is 12.8 Å². The van der Waals surface area contributed by atoms with E-state index in [1.165, 1.54) is 0 Å². The highest BCUT2D eigenvalue weighted by molar-refractivity contribution is 7.82. The number of aromatic nitrogens is 3. The largest absolute Gasteiger partial charge is 0.465 e. The van der Waals surface area contributed by atoms with E-state index in [0.29, 0.717) is 43.8 Å². The van der Waals surface area contributed by atoms with Crippen LogP contribution in [0.3, 0.4) is 0 Å². The number of nitrogens with zero attached hydrogens (tertiary/aromatic N) is 3. The number of esters is 14. The molecule has 0 saturated carbocycles. The van der Waals surface area contributed by atoms with E-state index in [-0.39, 0.29) is 207 Å². The Morgan fingerprint density at radius 1 is 0.227 bits per heavy atom. The second kappa shape index (κ2) is 67.8. The Hall–Kier alpha value is -4.46. The lowest BCUT2D eigenvalue weighted by atomic mass is 9.88. The first kappa shape index (κ1) is 110. The van der Waals surface area contributed by atoms with Gasteiger partial charge >= 0.3 is 101 Å². The maximum Gasteiger partial charge on any atom is 0.341 e. The predicted octanol–water partition coefficient (Wildman–Crippen LogP) is 3.16. The minimum Gasteiger partial charge on any atom is -0.465 e. The van der Waals surface area contributed by atoms with Crippen LogP contribution in [-0.4, -0.2) is 245 Å². The highest BCUT2D eigenvalue weighted by Crippen LogP contribution is 2.27. The van der Waals surface area contributed by atoms with Gasteiger partial charge in [-0.1, -0.05) is 13.8 Å². The van der Waals surface area contributed by atoms with Crippen LogP contribution in [0.5, 0.6) is 0 Å². The molecule has 0 atom stereocenters. The molecule has 0 bridgehead atoms. The van der Waals surface area contributed by atoms with E-state index in [0.717, 1.165) is 0 Å². The molecule has 632 valence electrons. The Morgan fingerprint density at radius 3 is 0.518 bits per heavy atom. The molecule has 1 aromatic rings. The van der Waals surface area contributed by atoms with E-state index in [4.69, 9.17) is 66.3 Å². The zero-order valence-corrected chi connectivity index (χ0v) is 72.4. The van der Waals surface area contributed by atoms with Crippen LogP contribution in [0.25, 0.3) is 0 Å². The minimum atomic E-state index is -1.27. The minimum absolute atomic E-state index is 0.00157. The SMILES string of the molecule is CCC(COC(=O)CCS)(COC(=O)CCS)COC(=O)CCS.CCCC(=O)OCn1c(=O)n(COC(=O)CCS)c(=O)n(COC(=O)CCS)c1=O.O=C(CCS)OCC(COC(=O)CCS)(COC(=O)CCS)COC(=O)CCS.O=C(CS)OCC(COC(=O)CS)(COC(=O)CCS)COC(=O)CCS. The second-order valence-electron chi connectivity index (χ2n) is 22.5. The van der Waals surface area contributed by atoms with Crippen molar-refractivity contribution >= 4 is 248 Å². The first-order valence-electron chi connectivity index (χ1n) is 33.4. The van der Waals surface area contributed by atoms with Gasteiger partial charge in [0.15, 0.2) is 20.2 Å². The van der Waals surface area contributed by atoms with Gasteiger partial charge in [0.2, 0.25) is 0 Å². The van der Waals surface area contributed by atoms with E-state index in [2.05, 4.69) is 164 Å².